The summed E-state index contributed by atoms with van der Waals surface area (Å²) in [6.07, 6.45) is 0.563. The Labute approximate surface area is 136 Å². The first-order valence-corrected chi connectivity index (χ1v) is 8.38. The summed E-state index contributed by atoms with van der Waals surface area (Å²) < 4.78 is 32.2. The minimum Gasteiger partial charge on any atom is -0.361 e. The number of nitrogens with zero attached hydrogens (tertiary/aromatic N) is 2. The summed E-state index contributed by atoms with van der Waals surface area (Å²) in [4.78, 5) is 14.1. The van der Waals surface area contributed by atoms with Crippen LogP contribution in [-0.4, -0.2) is 34.8 Å². The fraction of sp³-hybridized carbons (Fsp3) is 0.375. The van der Waals surface area contributed by atoms with E-state index in [1.807, 2.05) is 0 Å². The second-order valence-electron chi connectivity index (χ2n) is 5.43. The van der Waals surface area contributed by atoms with E-state index in [-0.39, 0.29) is 16.9 Å². The highest BCUT2D eigenvalue weighted by Crippen LogP contribution is 2.36. The van der Waals surface area contributed by atoms with Crippen LogP contribution in [-0.2, 0) is 0 Å². The van der Waals surface area contributed by atoms with E-state index in [0.29, 0.717) is 36.6 Å². The van der Waals surface area contributed by atoms with E-state index in [1.165, 1.54) is 17.8 Å². The Morgan fingerprint density at radius 3 is 2.91 bits per heavy atom. The lowest BCUT2D eigenvalue weighted by Gasteiger charge is -2.19. The molecule has 122 valence electrons. The molecular formula is C16H16F2N2O2S. The molecule has 0 N–H and O–H groups in total. The zero-order chi connectivity index (χ0) is 16.4. The molecule has 0 aliphatic carbocycles. The summed E-state index contributed by atoms with van der Waals surface area (Å²) in [7, 11) is 0. The van der Waals surface area contributed by atoms with Crippen LogP contribution < -0.4 is 0 Å². The van der Waals surface area contributed by atoms with Crippen molar-refractivity contribution < 1.29 is 18.1 Å². The van der Waals surface area contributed by atoms with E-state index in [4.69, 9.17) is 4.52 Å². The Morgan fingerprint density at radius 1 is 1.35 bits per heavy atom. The van der Waals surface area contributed by atoms with Crippen LogP contribution in [0.4, 0.5) is 8.78 Å². The number of aromatic nitrogens is 1. The molecule has 23 heavy (non-hydrogen) atoms. The van der Waals surface area contributed by atoms with Gasteiger partial charge in [0, 0.05) is 35.7 Å². The monoisotopic (exact) mass is 338 g/mol. The smallest absolute Gasteiger partial charge is 0.276 e. The molecule has 1 aromatic carbocycles. The molecule has 0 unspecified atom stereocenters. The number of hydrogen-bond acceptors (Lipinski definition) is 4. The van der Waals surface area contributed by atoms with Crippen molar-refractivity contribution >= 4 is 17.7 Å². The van der Waals surface area contributed by atoms with Gasteiger partial charge in [0.25, 0.3) is 5.91 Å². The van der Waals surface area contributed by atoms with Gasteiger partial charge in [-0.3, -0.25) is 4.79 Å². The van der Waals surface area contributed by atoms with Crippen molar-refractivity contribution in [2.24, 2.45) is 0 Å². The highest BCUT2D eigenvalue weighted by molar-refractivity contribution is 7.99. The Morgan fingerprint density at radius 2 is 2.17 bits per heavy atom. The maximum atomic E-state index is 13.9. The van der Waals surface area contributed by atoms with Gasteiger partial charge in [-0.05, 0) is 31.5 Å². The topological polar surface area (TPSA) is 46.3 Å². The molecular weight excluding hydrogens is 322 g/mol. The van der Waals surface area contributed by atoms with Crippen LogP contribution in [0.15, 0.2) is 28.8 Å². The van der Waals surface area contributed by atoms with Gasteiger partial charge in [0.1, 0.15) is 17.4 Å². The Hall–Kier alpha value is -1.89. The minimum absolute atomic E-state index is 0.164. The lowest BCUT2D eigenvalue weighted by molar-refractivity contribution is 0.0756. The first-order valence-electron chi connectivity index (χ1n) is 7.34. The normalized spacial score (nSPS) is 18.7. The molecule has 1 aliphatic heterocycles. The summed E-state index contributed by atoms with van der Waals surface area (Å²) in [5.41, 5.74) is 0.643. The third-order valence-corrected chi connectivity index (χ3v) is 5.09. The van der Waals surface area contributed by atoms with Crippen LogP contribution >= 0.6 is 11.8 Å². The summed E-state index contributed by atoms with van der Waals surface area (Å²) in [5, 5.41) is 3.58. The molecule has 0 radical (unpaired) electrons. The first-order chi connectivity index (χ1) is 11.0. The summed E-state index contributed by atoms with van der Waals surface area (Å²) in [6, 6.07) is 5.11. The number of amides is 1. The predicted molar refractivity (Wildman–Crippen MR) is 83.3 cm³/mol. The van der Waals surface area contributed by atoms with Gasteiger partial charge >= 0.3 is 0 Å². The van der Waals surface area contributed by atoms with Crippen molar-refractivity contribution in [3.8, 4) is 0 Å². The maximum absolute atomic E-state index is 13.9. The average molecular weight is 338 g/mol. The van der Waals surface area contributed by atoms with Crippen LogP contribution in [0.1, 0.15) is 33.5 Å². The van der Waals surface area contributed by atoms with Gasteiger partial charge in [-0.1, -0.05) is 5.16 Å². The van der Waals surface area contributed by atoms with Crippen molar-refractivity contribution in [1.82, 2.24) is 10.1 Å². The molecule has 1 saturated heterocycles. The lowest BCUT2D eigenvalue weighted by atomic mass is 10.1. The molecule has 0 bridgehead atoms. The number of thioether (sulfide) groups is 1. The van der Waals surface area contributed by atoms with E-state index in [2.05, 4.69) is 5.16 Å². The standard InChI is InChI=1S/C16H16F2N2O2S/c1-10-8-14(19-22-10)16(21)20-5-4-15(23-7-6-20)12-9-11(17)2-3-13(12)18/h2-3,8-9,15H,4-7H2,1H3/t15-/m1/s1. The summed E-state index contributed by atoms with van der Waals surface area (Å²) in [5.74, 6) is 0.191. The maximum Gasteiger partial charge on any atom is 0.276 e. The van der Waals surface area contributed by atoms with Crippen LogP contribution in [0.3, 0.4) is 0 Å². The molecule has 0 spiro atoms. The van der Waals surface area contributed by atoms with Gasteiger partial charge in [-0.2, -0.15) is 11.8 Å². The van der Waals surface area contributed by atoms with Gasteiger partial charge in [0.05, 0.1) is 0 Å². The molecule has 4 nitrogen and oxygen atoms in total. The summed E-state index contributed by atoms with van der Waals surface area (Å²) >= 11 is 1.54. The average Bonchev–Trinajstić information content (AvgIpc) is 2.82. The van der Waals surface area contributed by atoms with Crippen molar-refractivity contribution in [3.05, 3.63) is 52.9 Å². The van der Waals surface area contributed by atoms with E-state index in [9.17, 15) is 13.6 Å². The number of aryl methyl sites for hydroxylation is 1. The molecule has 1 aliphatic rings. The molecule has 1 aromatic heterocycles. The van der Waals surface area contributed by atoms with Crippen LogP contribution in [0.2, 0.25) is 0 Å². The van der Waals surface area contributed by atoms with E-state index in [0.717, 1.165) is 12.1 Å². The lowest BCUT2D eigenvalue weighted by Crippen LogP contribution is -2.33. The predicted octanol–water partition coefficient (Wildman–Crippen LogP) is 3.58. The third-order valence-electron chi connectivity index (χ3n) is 3.78. The Balaban J connectivity index is 1.72. The number of hydrogen-bond donors (Lipinski definition) is 0. The van der Waals surface area contributed by atoms with Gasteiger partial charge < -0.3 is 9.42 Å². The first kappa shape index (κ1) is 16.0. The number of benzene rings is 1. The van der Waals surface area contributed by atoms with E-state index >= 15 is 0 Å². The number of carbonyl (C=O) groups is 1. The SMILES string of the molecule is Cc1cc(C(=O)N2CCS[C@@H](c3cc(F)ccc3F)CC2)no1. The molecule has 1 fully saturated rings. The van der Waals surface area contributed by atoms with Crippen LogP contribution in [0.5, 0.6) is 0 Å². The molecule has 3 rings (SSSR count). The van der Waals surface area contributed by atoms with Gasteiger partial charge in [0.2, 0.25) is 0 Å². The van der Waals surface area contributed by atoms with Gasteiger partial charge in [-0.15, -0.1) is 0 Å². The van der Waals surface area contributed by atoms with Crippen molar-refractivity contribution in [2.45, 2.75) is 18.6 Å². The quantitative estimate of drug-likeness (QED) is 0.840. The molecule has 1 amide bonds. The van der Waals surface area contributed by atoms with Crippen molar-refractivity contribution in [1.29, 1.82) is 0 Å². The van der Waals surface area contributed by atoms with Gasteiger partial charge in [-0.25, -0.2) is 8.78 Å². The molecule has 0 saturated carbocycles. The Bertz CT molecular complexity index is 720. The van der Waals surface area contributed by atoms with Crippen molar-refractivity contribution in [2.75, 3.05) is 18.8 Å². The Kier molecular flexibility index (Phi) is 4.66. The number of halogens is 2. The second-order valence-corrected chi connectivity index (χ2v) is 6.74. The second kappa shape index (κ2) is 6.70. The fourth-order valence-electron chi connectivity index (χ4n) is 2.61. The van der Waals surface area contributed by atoms with Crippen molar-refractivity contribution in [3.63, 3.8) is 0 Å². The van der Waals surface area contributed by atoms with E-state index in [1.54, 1.807) is 17.9 Å². The van der Waals surface area contributed by atoms with Crippen LogP contribution in [0, 0.1) is 18.6 Å². The largest absolute Gasteiger partial charge is 0.361 e. The number of carbonyl (C=O) groups excluding carboxylic acids is 1. The summed E-state index contributed by atoms with van der Waals surface area (Å²) in [6.45, 7) is 2.74. The highest BCUT2D eigenvalue weighted by atomic mass is 32.2. The fourth-order valence-corrected chi connectivity index (χ4v) is 3.85. The molecule has 2 aromatic rings. The zero-order valence-corrected chi connectivity index (χ0v) is 13.4. The number of rotatable bonds is 2. The van der Waals surface area contributed by atoms with E-state index < -0.39 is 11.6 Å². The molecule has 1 atom stereocenters. The molecule has 2 heterocycles. The molecule has 7 heteroatoms. The minimum atomic E-state index is -0.447. The third kappa shape index (κ3) is 3.55. The highest BCUT2D eigenvalue weighted by Gasteiger charge is 2.26. The van der Waals surface area contributed by atoms with Gasteiger partial charge in [0.15, 0.2) is 5.69 Å². The zero-order valence-electron chi connectivity index (χ0n) is 12.6. The van der Waals surface area contributed by atoms with Crippen LogP contribution in [0.25, 0.3) is 0 Å².